The maximum Gasteiger partial charge on any atom is 0.416 e. The third-order valence-electron chi connectivity index (χ3n) is 7.78. The van der Waals surface area contributed by atoms with E-state index >= 15 is 9.18 Å². The van der Waals surface area contributed by atoms with Crippen LogP contribution in [0, 0.1) is 18.6 Å². The molecule has 53 heavy (non-hydrogen) atoms. The highest BCUT2D eigenvalue weighted by molar-refractivity contribution is 8.02. The lowest BCUT2D eigenvalue weighted by atomic mass is 9.99. The number of benzene rings is 4. The van der Waals surface area contributed by atoms with Crippen molar-refractivity contribution in [2.75, 3.05) is 44.7 Å². The van der Waals surface area contributed by atoms with Crippen molar-refractivity contribution in [1.29, 1.82) is 0 Å². The van der Waals surface area contributed by atoms with E-state index in [9.17, 15) is 25.4 Å². The number of carbonyl (C=O) groups is 1. The molecule has 1 saturated heterocycles. The van der Waals surface area contributed by atoms with Crippen LogP contribution in [0.4, 0.5) is 27.6 Å². The van der Waals surface area contributed by atoms with Gasteiger partial charge in [0.2, 0.25) is 5.91 Å². The zero-order valence-electron chi connectivity index (χ0n) is 51.3. The first-order valence-corrected chi connectivity index (χ1v) is 16.3. The number of ether oxygens (including phenoxy) is 1. The number of anilines is 1. The minimum Gasteiger partial charge on any atom is -0.384 e. The van der Waals surface area contributed by atoms with E-state index in [0.29, 0.717) is 9.80 Å². The third-order valence-corrected chi connectivity index (χ3v) is 8.62. The average molecular weight is 776 g/mol. The highest BCUT2D eigenvalue weighted by atomic mass is 32.2. The number of rotatable bonds is 12. The van der Waals surface area contributed by atoms with Crippen LogP contribution in [0.15, 0.2) is 95.7 Å². The summed E-state index contributed by atoms with van der Waals surface area (Å²) >= 11 is -0.327. The number of amides is 1. The van der Waals surface area contributed by atoms with Crippen LogP contribution in [0.5, 0.6) is 0 Å². The van der Waals surface area contributed by atoms with Gasteiger partial charge in [0.25, 0.3) is 0 Å². The van der Waals surface area contributed by atoms with Gasteiger partial charge in [0.05, 0.1) is 44.6 Å². The lowest BCUT2D eigenvalue weighted by Gasteiger charge is -2.40. The number of fused-ring (bicyclic) bond motifs is 1. The van der Waals surface area contributed by atoms with E-state index in [0.717, 1.165) is 4.90 Å². The minimum atomic E-state index is -5.45. The molecule has 1 atom stereocenters. The predicted molar refractivity (Wildman–Crippen MR) is 198 cm³/mol. The summed E-state index contributed by atoms with van der Waals surface area (Å²) in [4.78, 5) is 17.3. The largest absolute Gasteiger partial charge is 0.416 e. The Morgan fingerprint density at radius 3 is 2.42 bits per heavy atom. The zero-order valence-corrected chi connectivity index (χ0v) is 28.1. The lowest BCUT2D eigenvalue weighted by Crippen LogP contribution is -2.50. The molecule has 0 spiro atoms. The van der Waals surface area contributed by atoms with E-state index in [-0.39, 0.29) is 17.3 Å². The fraction of sp³-hybridized carbons (Fsp3) is 0.341. The molecule has 4 aromatic rings. The molecular weight excluding hydrogens is 710 g/mol. The fourth-order valence-electron chi connectivity index (χ4n) is 5.23. The van der Waals surface area contributed by atoms with Crippen molar-refractivity contribution < 1.29 is 69.5 Å². The molecule has 1 amide bonds. The molecule has 1 N–H and O–H groups in total. The summed E-state index contributed by atoms with van der Waals surface area (Å²) in [7, 11) is -3.06. The third kappa shape index (κ3) is 9.29. The minimum absolute atomic E-state index is 0.266. The quantitative estimate of drug-likeness (QED) is 0.146. The topological polar surface area (TPSA) is 56.3 Å². The first-order chi connectivity index (χ1) is 35.1. The van der Waals surface area contributed by atoms with Gasteiger partial charge in [0.15, 0.2) is 11.6 Å². The van der Waals surface area contributed by atoms with Gasteiger partial charge in [-0.05, 0) is 66.7 Å². The molecular formula is C41H42F5N3O3S. The van der Waals surface area contributed by atoms with Crippen molar-refractivity contribution in [3.63, 3.8) is 0 Å². The number of alkyl halides is 3. The van der Waals surface area contributed by atoms with Gasteiger partial charge in [-0.3, -0.25) is 4.79 Å². The molecule has 1 unspecified atom stereocenters. The van der Waals surface area contributed by atoms with E-state index in [4.69, 9.17) is 30.2 Å². The number of hydrogen-bond acceptors (Lipinski definition) is 6. The number of likely N-dealkylation sites (tertiary alicyclic amines) is 1. The number of halogens is 5. The van der Waals surface area contributed by atoms with Crippen molar-refractivity contribution in [3.05, 3.63) is 135 Å². The molecule has 0 aliphatic carbocycles. The summed E-state index contributed by atoms with van der Waals surface area (Å²) in [6, 6.07) is -21.0. The number of hydrogen-bond donors (Lipinski definition) is 1. The normalized spacial score (nSPS) is 24.4. The molecule has 4 aromatic carbocycles. The fourth-order valence-corrected chi connectivity index (χ4v) is 6.01. The summed E-state index contributed by atoms with van der Waals surface area (Å²) in [5.41, 5.74) is -12.4. The monoisotopic (exact) mass is 775 g/mol. The molecule has 6 nitrogen and oxygen atoms in total. The van der Waals surface area contributed by atoms with Gasteiger partial charge >= 0.3 is 6.18 Å². The van der Waals surface area contributed by atoms with Crippen molar-refractivity contribution in [2.45, 2.75) is 50.3 Å². The molecule has 12 heteroatoms. The first-order valence-electron chi connectivity index (χ1n) is 27.5. The van der Waals surface area contributed by atoms with Crippen LogP contribution in [0.2, 0.25) is 0 Å². The van der Waals surface area contributed by atoms with Crippen molar-refractivity contribution in [1.82, 2.24) is 9.80 Å². The molecule has 280 valence electrons. The van der Waals surface area contributed by atoms with E-state index in [1.54, 1.807) is 0 Å². The number of piperidine rings is 1. The van der Waals surface area contributed by atoms with Crippen LogP contribution in [-0.4, -0.2) is 66.6 Å². The van der Waals surface area contributed by atoms with Gasteiger partial charge in [-0.25, -0.2) is 8.78 Å². The van der Waals surface area contributed by atoms with Crippen LogP contribution in [0.25, 0.3) is 11.1 Å². The van der Waals surface area contributed by atoms with E-state index in [1.165, 1.54) is 6.92 Å². The Balaban J connectivity index is 1.59. The second-order valence-electron chi connectivity index (χ2n) is 11.3. The highest BCUT2D eigenvalue weighted by Gasteiger charge is 2.33. The molecule has 2 heterocycles. The number of aliphatic hydroxyl groups excluding tert-OH is 1. The van der Waals surface area contributed by atoms with Crippen LogP contribution in [0.3, 0.4) is 0 Å². The maximum atomic E-state index is 15.6. The van der Waals surface area contributed by atoms with Crippen LogP contribution in [-0.2, 0) is 27.9 Å². The Morgan fingerprint density at radius 2 is 1.74 bits per heavy atom. The van der Waals surface area contributed by atoms with Crippen molar-refractivity contribution in [2.24, 2.45) is 0 Å². The SMILES string of the molecule is [2H]C1=C(SC([2H])([2H])c2c([2H])c([2H])c([2H])c(F)c2F)N(CC(=O)N(C2CCN(C([2H])([2H])COC([2H])([2H])[2H])CC2)C([2H])([2H])c2c([2H])c([2H])c(-c3c([2H])c([2H])c(C(F)(F)F)c([2H])c3[2H])c([2H])c2[2H])c2c([2H])c([2H])c(C)c([2H])c2C1O. The number of thioether (sulfide) groups is 1. The van der Waals surface area contributed by atoms with Gasteiger partial charge in [-0.1, -0.05) is 66.0 Å². The van der Waals surface area contributed by atoms with E-state index < -0.39 is 235 Å². The highest BCUT2D eigenvalue weighted by Crippen LogP contribution is 2.41. The number of methoxy groups -OCH3 is 1. The Hall–Kier alpha value is -4.23. The average Bonchev–Trinajstić information content (AvgIpc) is 3.32. The molecule has 6 rings (SSSR count). The summed E-state index contributed by atoms with van der Waals surface area (Å²) < 4.78 is 281. The van der Waals surface area contributed by atoms with Crippen LogP contribution in [0.1, 0.15) is 79.7 Å². The second kappa shape index (κ2) is 16.8. The van der Waals surface area contributed by atoms with Crippen molar-refractivity contribution in [3.8, 4) is 11.1 Å². The first kappa shape index (κ1) is 18.4. The van der Waals surface area contributed by atoms with Crippen LogP contribution < -0.4 is 4.90 Å². The molecule has 2 aliphatic rings. The standard InChI is InChI=1S/C41H42F5N3O3S/c1-27-6-15-36-34(22-27)37(50)23-39(53-26-31-4-3-5-35(42)40(31)43)49(36)25-38(51)48(33-16-18-47(19-17-33)20-21-52-2)24-28-7-9-29(10-8-28)30-11-13-32(14-12-30)41(44,45)46/h3-15,22-23,33,37,50H,16-21,24-26H2,1-2H3/i2D3,3D,4D,5D,6D,7D,8D,9D,10D,11D,12D,13D,14D,15D,20D2,22D,23D,24D2,26D2. The zero-order chi connectivity index (χ0) is 58.6. The summed E-state index contributed by atoms with van der Waals surface area (Å²) in [6.45, 7) is -8.52. The van der Waals surface area contributed by atoms with Gasteiger partial charge in [0, 0.05) is 67.2 Å². The molecule has 0 aromatic heterocycles. The molecule has 2 aliphatic heterocycles. The number of nitrogens with zero attached hydrogens (tertiary/aromatic N) is 3. The van der Waals surface area contributed by atoms with Crippen LogP contribution >= 0.6 is 11.8 Å². The molecule has 1 fully saturated rings. The van der Waals surface area contributed by atoms with E-state index in [2.05, 4.69) is 4.74 Å². The Morgan fingerprint density at radius 1 is 1.04 bits per heavy atom. The van der Waals surface area contributed by atoms with Gasteiger partial charge < -0.3 is 24.5 Å². The van der Waals surface area contributed by atoms with Crippen molar-refractivity contribution >= 4 is 23.4 Å². The van der Waals surface area contributed by atoms with Gasteiger partial charge in [-0.2, -0.15) is 13.2 Å². The number of carbonyl (C=O) groups excluding carboxylic acids is 1. The van der Waals surface area contributed by atoms with Gasteiger partial charge in [0.1, 0.15) is 12.6 Å². The predicted octanol–water partition coefficient (Wildman–Crippen LogP) is 8.73. The smallest absolute Gasteiger partial charge is 0.384 e. The lowest BCUT2D eigenvalue weighted by molar-refractivity contribution is -0.137. The number of aliphatic hydroxyl groups is 1. The maximum absolute atomic E-state index is 15.6. The Labute approximate surface area is 344 Å². The second-order valence-corrected chi connectivity index (χ2v) is 12.1. The summed E-state index contributed by atoms with van der Waals surface area (Å²) in [6.07, 6.45) is -8.77. The van der Waals surface area contributed by atoms with Gasteiger partial charge in [-0.15, -0.1) is 11.8 Å². The Bertz CT molecular complexity index is 3050. The molecule has 0 saturated carbocycles. The summed E-state index contributed by atoms with van der Waals surface area (Å²) in [5.74, 6) is -5.79. The molecule has 0 bridgehead atoms. The molecule has 0 radical (unpaired) electrons. The Kier molecular flexibility index (Phi) is 5.85. The summed E-state index contributed by atoms with van der Waals surface area (Å²) in [5, 5.41) is 10.6. The van der Waals surface area contributed by atoms with E-state index in [1.807, 2.05) is 0 Å².